The Morgan fingerprint density at radius 2 is 2.20 bits per heavy atom. The molecule has 0 radical (unpaired) electrons. The van der Waals surface area contributed by atoms with Gasteiger partial charge < -0.3 is 10.4 Å². The van der Waals surface area contributed by atoms with Crippen LogP contribution in [0.3, 0.4) is 0 Å². The minimum Gasteiger partial charge on any atom is -0.508 e. The van der Waals surface area contributed by atoms with Gasteiger partial charge in [0.2, 0.25) is 0 Å². The fourth-order valence-corrected chi connectivity index (χ4v) is 3.35. The minimum absolute atomic E-state index is 0.217. The van der Waals surface area contributed by atoms with Gasteiger partial charge in [0.05, 0.1) is 0 Å². The maximum atomic E-state index is 9.95. The highest BCUT2D eigenvalue weighted by molar-refractivity contribution is 5.40. The Hall–Kier alpha value is -1.02. The summed E-state index contributed by atoms with van der Waals surface area (Å²) >= 11 is 0. The van der Waals surface area contributed by atoms with E-state index in [-0.39, 0.29) is 5.41 Å². The quantitative estimate of drug-likeness (QED) is 0.732. The average Bonchev–Trinajstić information content (AvgIpc) is 2.56. The first kappa shape index (κ1) is 9.22. The van der Waals surface area contributed by atoms with Crippen molar-refractivity contribution in [2.24, 2.45) is 5.92 Å². The van der Waals surface area contributed by atoms with Gasteiger partial charge in [0, 0.05) is 17.5 Å². The lowest BCUT2D eigenvalue weighted by Crippen LogP contribution is -2.42. The molecule has 80 valence electrons. The number of rotatable bonds is 1. The second-order valence-electron chi connectivity index (χ2n) is 5.04. The van der Waals surface area contributed by atoms with Crippen LogP contribution in [0.4, 0.5) is 0 Å². The molecule has 0 spiro atoms. The lowest BCUT2D eigenvalue weighted by atomic mass is 9.76. The van der Waals surface area contributed by atoms with Gasteiger partial charge in [0.1, 0.15) is 5.75 Å². The predicted molar refractivity (Wildman–Crippen MR) is 60.0 cm³/mol. The smallest absolute Gasteiger partial charge is 0.119 e. The van der Waals surface area contributed by atoms with Crippen LogP contribution in [0.5, 0.6) is 5.75 Å². The summed E-state index contributed by atoms with van der Waals surface area (Å²) in [6.07, 6.45) is 3.78. The third-order valence-electron chi connectivity index (χ3n) is 4.08. The monoisotopic (exact) mass is 203 g/mol. The molecule has 2 atom stereocenters. The molecule has 1 heterocycles. The Morgan fingerprint density at radius 3 is 3.07 bits per heavy atom. The van der Waals surface area contributed by atoms with Crippen LogP contribution in [0.1, 0.15) is 24.8 Å². The second kappa shape index (κ2) is 3.24. The van der Waals surface area contributed by atoms with E-state index in [1.807, 2.05) is 18.2 Å². The number of piperidine rings is 1. The first-order chi connectivity index (χ1) is 7.30. The van der Waals surface area contributed by atoms with E-state index in [0.717, 1.165) is 24.6 Å². The van der Waals surface area contributed by atoms with Crippen molar-refractivity contribution in [2.45, 2.75) is 24.7 Å². The summed E-state index contributed by atoms with van der Waals surface area (Å²) in [6, 6.07) is 7.83. The van der Waals surface area contributed by atoms with Crippen molar-refractivity contribution in [2.75, 3.05) is 13.1 Å². The molecule has 0 aromatic heterocycles. The highest BCUT2D eigenvalue weighted by atomic mass is 16.3. The van der Waals surface area contributed by atoms with E-state index in [9.17, 15) is 5.11 Å². The number of hydrogen-bond donors (Lipinski definition) is 2. The molecule has 1 aromatic rings. The Kier molecular flexibility index (Phi) is 1.99. The van der Waals surface area contributed by atoms with Crippen molar-refractivity contribution < 1.29 is 5.11 Å². The molecular formula is C13H17NO. The summed E-state index contributed by atoms with van der Waals surface area (Å²) in [6.45, 7) is 2.19. The zero-order valence-electron chi connectivity index (χ0n) is 8.87. The maximum absolute atomic E-state index is 9.95. The van der Waals surface area contributed by atoms with Crippen LogP contribution in [0.25, 0.3) is 0 Å². The molecule has 2 nitrogen and oxygen atoms in total. The Bertz CT molecular complexity index is 373. The molecule has 0 amide bonds. The molecule has 2 N–H and O–H groups in total. The topological polar surface area (TPSA) is 32.3 Å². The van der Waals surface area contributed by atoms with Gasteiger partial charge in [-0.1, -0.05) is 18.2 Å². The lowest BCUT2D eigenvalue weighted by Gasteiger charge is -2.34. The number of nitrogens with one attached hydrogen (secondary N) is 1. The Morgan fingerprint density at radius 1 is 1.33 bits per heavy atom. The first-order valence-corrected chi connectivity index (χ1v) is 5.79. The van der Waals surface area contributed by atoms with Crippen molar-refractivity contribution in [1.29, 1.82) is 0 Å². The van der Waals surface area contributed by atoms with Crippen LogP contribution < -0.4 is 5.32 Å². The molecule has 2 unspecified atom stereocenters. The van der Waals surface area contributed by atoms with E-state index in [4.69, 9.17) is 0 Å². The largest absolute Gasteiger partial charge is 0.508 e. The number of para-hydroxylation sites is 1. The maximum Gasteiger partial charge on any atom is 0.119 e. The van der Waals surface area contributed by atoms with Crippen LogP contribution in [0, 0.1) is 5.92 Å². The third kappa shape index (κ3) is 1.36. The van der Waals surface area contributed by atoms with Crippen LogP contribution in [-0.4, -0.2) is 18.2 Å². The van der Waals surface area contributed by atoms with Crippen molar-refractivity contribution in [3.63, 3.8) is 0 Å². The van der Waals surface area contributed by atoms with E-state index < -0.39 is 0 Å². The zero-order valence-corrected chi connectivity index (χ0v) is 8.87. The second-order valence-corrected chi connectivity index (χ2v) is 5.04. The number of hydrogen-bond acceptors (Lipinski definition) is 2. The van der Waals surface area contributed by atoms with Gasteiger partial charge in [0.25, 0.3) is 0 Å². The van der Waals surface area contributed by atoms with Gasteiger partial charge in [-0.2, -0.15) is 0 Å². The van der Waals surface area contributed by atoms with Crippen molar-refractivity contribution in [1.82, 2.24) is 5.32 Å². The third-order valence-corrected chi connectivity index (χ3v) is 4.08. The van der Waals surface area contributed by atoms with Gasteiger partial charge in [-0.3, -0.25) is 0 Å². The predicted octanol–water partition coefficient (Wildman–Crippen LogP) is 2.03. The average molecular weight is 203 g/mol. The van der Waals surface area contributed by atoms with E-state index in [1.54, 1.807) is 0 Å². The molecule has 2 fully saturated rings. The molecule has 1 aromatic carbocycles. The summed E-state index contributed by atoms with van der Waals surface area (Å²) in [4.78, 5) is 0. The lowest BCUT2D eigenvalue weighted by molar-refractivity contribution is 0.316. The van der Waals surface area contributed by atoms with Gasteiger partial charge in [0.15, 0.2) is 0 Å². The van der Waals surface area contributed by atoms with E-state index >= 15 is 0 Å². The standard InChI is InChI=1S/C13H17NO/c15-12-4-2-1-3-11(12)13-6-5-10(7-13)8-14-9-13/h1-4,10,14-15H,5-9H2. The molecule has 15 heavy (non-hydrogen) atoms. The van der Waals surface area contributed by atoms with E-state index in [2.05, 4.69) is 11.4 Å². The molecule has 2 bridgehead atoms. The molecular weight excluding hydrogens is 186 g/mol. The van der Waals surface area contributed by atoms with Crippen molar-refractivity contribution in [3.05, 3.63) is 29.8 Å². The van der Waals surface area contributed by atoms with Crippen LogP contribution >= 0.6 is 0 Å². The molecule has 1 saturated heterocycles. The van der Waals surface area contributed by atoms with E-state index in [0.29, 0.717) is 5.75 Å². The summed E-state index contributed by atoms with van der Waals surface area (Å²) < 4.78 is 0. The normalized spacial score (nSPS) is 34.3. The number of aromatic hydroxyl groups is 1. The highest BCUT2D eigenvalue weighted by Crippen LogP contribution is 2.48. The minimum atomic E-state index is 0.217. The Labute approximate surface area is 90.3 Å². The zero-order chi connectivity index (χ0) is 10.3. The van der Waals surface area contributed by atoms with Crippen LogP contribution in [-0.2, 0) is 5.41 Å². The van der Waals surface area contributed by atoms with Gasteiger partial charge in [-0.15, -0.1) is 0 Å². The summed E-state index contributed by atoms with van der Waals surface area (Å²) in [5.41, 5.74) is 1.37. The highest BCUT2D eigenvalue weighted by Gasteiger charge is 2.44. The van der Waals surface area contributed by atoms with Gasteiger partial charge in [-0.05, 0) is 37.8 Å². The van der Waals surface area contributed by atoms with Gasteiger partial charge in [-0.25, -0.2) is 0 Å². The summed E-state index contributed by atoms with van der Waals surface area (Å²) in [5, 5.41) is 13.5. The molecule has 1 saturated carbocycles. The fourth-order valence-electron chi connectivity index (χ4n) is 3.35. The van der Waals surface area contributed by atoms with E-state index in [1.165, 1.54) is 19.3 Å². The SMILES string of the molecule is Oc1ccccc1C12CCC(CNC1)C2. The summed E-state index contributed by atoms with van der Waals surface area (Å²) in [5.74, 6) is 1.29. The van der Waals surface area contributed by atoms with Crippen molar-refractivity contribution in [3.8, 4) is 5.75 Å². The molecule has 1 aliphatic carbocycles. The van der Waals surface area contributed by atoms with Crippen molar-refractivity contribution >= 4 is 0 Å². The summed E-state index contributed by atoms with van der Waals surface area (Å²) in [7, 11) is 0. The number of fused-ring (bicyclic) bond motifs is 2. The van der Waals surface area contributed by atoms with Gasteiger partial charge >= 0.3 is 0 Å². The first-order valence-electron chi connectivity index (χ1n) is 5.79. The molecule has 2 aliphatic rings. The fraction of sp³-hybridized carbons (Fsp3) is 0.538. The number of benzene rings is 1. The number of phenolic OH excluding ortho intramolecular Hbond substituents is 1. The van der Waals surface area contributed by atoms with Crippen LogP contribution in [0.15, 0.2) is 24.3 Å². The molecule has 2 heteroatoms. The van der Waals surface area contributed by atoms with Crippen LogP contribution in [0.2, 0.25) is 0 Å². The Balaban J connectivity index is 2.02. The molecule has 3 rings (SSSR count). The number of phenols is 1. The molecule has 1 aliphatic heterocycles.